The third kappa shape index (κ3) is 2.19. The maximum absolute atomic E-state index is 11.0. The molecule has 13 heavy (non-hydrogen) atoms. The molecule has 76 valence electrons. The fourth-order valence-electron chi connectivity index (χ4n) is 1.87. The number of rotatable bonds is 2. The molecule has 0 aromatic rings. The zero-order valence-corrected chi connectivity index (χ0v) is 8.63. The van der Waals surface area contributed by atoms with Gasteiger partial charge in [0.15, 0.2) is 0 Å². The molecule has 0 saturated carbocycles. The Labute approximate surface area is 79.5 Å². The number of hydrogen-bond acceptors (Lipinski definition) is 3. The topological polar surface area (TPSA) is 58.4 Å². The molecule has 1 saturated heterocycles. The van der Waals surface area contributed by atoms with Gasteiger partial charge >= 0.3 is 0 Å². The predicted octanol–water partition coefficient (Wildman–Crippen LogP) is -0.456. The van der Waals surface area contributed by atoms with E-state index in [1.807, 2.05) is 6.92 Å². The van der Waals surface area contributed by atoms with E-state index in [1.165, 1.54) is 0 Å². The normalized spacial score (nSPS) is 25.5. The van der Waals surface area contributed by atoms with Crippen LogP contribution >= 0.6 is 0 Å². The van der Waals surface area contributed by atoms with E-state index in [-0.39, 0.29) is 17.5 Å². The second kappa shape index (κ2) is 3.64. The Morgan fingerprint density at radius 2 is 2.23 bits per heavy atom. The second-order valence-corrected chi connectivity index (χ2v) is 4.26. The Hall–Kier alpha value is -0.610. The molecule has 1 aliphatic heterocycles. The smallest absolute Gasteiger partial charge is 0.234 e. The molecule has 0 aromatic heterocycles. The van der Waals surface area contributed by atoms with Gasteiger partial charge in [-0.15, -0.1) is 0 Å². The fourth-order valence-corrected chi connectivity index (χ4v) is 1.87. The van der Waals surface area contributed by atoms with Gasteiger partial charge < -0.3 is 11.1 Å². The third-order valence-corrected chi connectivity index (χ3v) is 2.74. The Bertz CT molecular complexity index is 203. The highest BCUT2D eigenvalue weighted by atomic mass is 16.1. The molecule has 1 fully saturated rings. The lowest BCUT2D eigenvalue weighted by atomic mass is 9.98. The van der Waals surface area contributed by atoms with Gasteiger partial charge in [0.2, 0.25) is 5.91 Å². The van der Waals surface area contributed by atoms with Crippen LogP contribution < -0.4 is 11.1 Å². The van der Waals surface area contributed by atoms with Crippen LogP contribution in [0.1, 0.15) is 20.8 Å². The Balaban J connectivity index is 2.70. The van der Waals surface area contributed by atoms with E-state index in [4.69, 9.17) is 5.73 Å². The minimum atomic E-state index is -0.241. The molecular formula is C9H19N3O. The molecule has 1 heterocycles. The zero-order chi connectivity index (χ0) is 10.1. The van der Waals surface area contributed by atoms with Gasteiger partial charge in [-0.1, -0.05) is 0 Å². The van der Waals surface area contributed by atoms with E-state index in [2.05, 4.69) is 24.1 Å². The molecule has 0 bridgehead atoms. The summed E-state index contributed by atoms with van der Waals surface area (Å²) in [6.07, 6.45) is 0. The van der Waals surface area contributed by atoms with Crippen molar-refractivity contribution in [2.45, 2.75) is 32.4 Å². The van der Waals surface area contributed by atoms with Gasteiger partial charge in [-0.2, -0.15) is 0 Å². The van der Waals surface area contributed by atoms with Crippen molar-refractivity contribution in [2.24, 2.45) is 5.73 Å². The quantitative estimate of drug-likeness (QED) is 0.612. The number of nitrogens with one attached hydrogen (secondary N) is 1. The molecule has 0 spiro atoms. The zero-order valence-electron chi connectivity index (χ0n) is 8.63. The molecule has 3 N–H and O–H groups in total. The summed E-state index contributed by atoms with van der Waals surface area (Å²) in [4.78, 5) is 13.2. The van der Waals surface area contributed by atoms with Crippen LogP contribution in [0.15, 0.2) is 0 Å². The number of piperazine rings is 1. The van der Waals surface area contributed by atoms with Gasteiger partial charge in [-0.05, 0) is 20.8 Å². The average Bonchev–Trinajstić information content (AvgIpc) is 2.02. The highest BCUT2D eigenvalue weighted by Gasteiger charge is 2.34. The Morgan fingerprint density at radius 3 is 2.69 bits per heavy atom. The summed E-state index contributed by atoms with van der Waals surface area (Å²) >= 11 is 0. The number of hydrogen-bond donors (Lipinski definition) is 2. The van der Waals surface area contributed by atoms with Crippen LogP contribution in [0.25, 0.3) is 0 Å². The molecule has 1 unspecified atom stereocenters. The van der Waals surface area contributed by atoms with Crippen LogP contribution in [0.3, 0.4) is 0 Å². The number of primary amides is 1. The standard InChI is InChI=1S/C9H19N3O/c1-7(8(10)13)12-5-4-11-6-9(12,2)3/h7,11H,4-6H2,1-3H3,(H2,10,13). The molecule has 1 amide bonds. The summed E-state index contributed by atoms with van der Waals surface area (Å²) in [5.41, 5.74) is 5.31. The Kier molecular flexibility index (Phi) is 2.93. The lowest BCUT2D eigenvalue weighted by Crippen LogP contribution is -2.62. The van der Waals surface area contributed by atoms with Crippen LogP contribution in [0.2, 0.25) is 0 Å². The summed E-state index contributed by atoms with van der Waals surface area (Å²) in [5, 5.41) is 3.31. The summed E-state index contributed by atoms with van der Waals surface area (Å²) in [6.45, 7) is 8.84. The summed E-state index contributed by atoms with van der Waals surface area (Å²) in [6, 6.07) is -0.169. The minimum absolute atomic E-state index is 0.0205. The van der Waals surface area contributed by atoms with Crippen molar-refractivity contribution >= 4 is 5.91 Å². The van der Waals surface area contributed by atoms with Crippen molar-refractivity contribution in [1.82, 2.24) is 10.2 Å². The van der Waals surface area contributed by atoms with E-state index in [9.17, 15) is 4.79 Å². The average molecular weight is 185 g/mol. The first-order valence-electron chi connectivity index (χ1n) is 4.72. The van der Waals surface area contributed by atoms with Crippen molar-refractivity contribution in [3.05, 3.63) is 0 Å². The van der Waals surface area contributed by atoms with Crippen molar-refractivity contribution < 1.29 is 4.79 Å². The lowest BCUT2D eigenvalue weighted by Gasteiger charge is -2.45. The van der Waals surface area contributed by atoms with Crippen LogP contribution in [-0.2, 0) is 4.79 Å². The summed E-state index contributed by atoms with van der Waals surface area (Å²) in [7, 11) is 0. The highest BCUT2D eigenvalue weighted by Crippen LogP contribution is 2.18. The predicted molar refractivity (Wildman–Crippen MR) is 52.3 cm³/mol. The van der Waals surface area contributed by atoms with Crippen LogP contribution in [0.5, 0.6) is 0 Å². The van der Waals surface area contributed by atoms with E-state index < -0.39 is 0 Å². The van der Waals surface area contributed by atoms with Gasteiger partial charge in [0.25, 0.3) is 0 Å². The van der Waals surface area contributed by atoms with Gasteiger partial charge in [0, 0.05) is 25.2 Å². The van der Waals surface area contributed by atoms with E-state index >= 15 is 0 Å². The first kappa shape index (κ1) is 10.5. The maximum Gasteiger partial charge on any atom is 0.234 e. The Morgan fingerprint density at radius 1 is 1.62 bits per heavy atom. The SMILES string of the molecule is CC(C(N)=O)N1CCNCC1(C)C. The molecule has 1 atom stereocenters. The maximum atomic E-state index is 11.0. The van der Waals surface area contributed by atoms with Gasteiger partial charge in [0.05, 0.1) is 6.04 Å². The molecular weight excluding hydrogens is 166 g/mol. The molecule has 1 aliphatic rings. The summed E-state index contributed by atoms with van der Waals surface area (Å²) in [5.74, 6) is -0.241. The number of amides is 1. The first-order chi connectivity index (χ1) is 5.95. The van der Waals surface area contributed by atoms with Crippen molar-refractivity contribution in [3.63, 3.8) is 0 Å². The molecule has 4 nitrogen and oxygen atoms in total. The van der Waals surface area contributed by atoms with Crippen LogP contribution in [0, 0.1) is 0 Å². The molecule has 0 radical (unpaired) electrons. The molecule has 0 aromatic carbocycles. The van der Waals surface area contributed by atoms with E-state index in [0.717, 1.165) is 19.6 Å². The molecule has 0 aliphatic carbocycles. The van der Waals surface area contributed by atoms with Crippen LogP contribution in [-0.4, -0.2) is 42.0 Å². The van der Waals surface area contributed by atoms with Gasteiger partial charge in [-0.25, -0.2) is 0 Å². The molecule has 1 rings (SSSR count). The number of nitrogens with zero attached hydrogens (tertiary/aromatic N) is 1. The van der Waals surface area contributed by atoms with E-state index in [1.54, 1.807) is 0 Å². The van der Waals surface area contributed by atoms with Crippen LogP contribution in [0.4, 0.5) is 0 Å². The third-order valence-electron chi connectivity index (χ3n) is 2.74. The van der Waals surface area contributed by atoms with Gasteiger partial charge in [0.1, 0.15) is 0 Å². The number of carbonyl (C=O) groups is 1. The fraction of sp³-hybridized carbons (Fsp3) is 0.889. The summed E-state index contributed by atoms with van der Waals surface area (Å²) < 4.78 is 0. The number of nitrogens with two attached hydrogens (primary N) is 1. The molecule has 4 heteroatoms. The number of carbonyl (C=O) groups excluding carboxylic acids is 1. The van der Waals surface area contributed by atoms with Crippen molar-refractivity contribution in [2.75, 3.05) is 19.6 Å². The second-order valence-electron chi connectivity index (χ2n) is 4.26. The van der Waals surface area contributed by atoms with Crippen molar-refractivity contribution in [3.8, 4) is 0 Å². The lowest BCUT2D eigenvalue weighted by molar-refractivity contribution is -0.125. The van der Waals surface area contributed by atoms with E-state index in [0.29, 0.717) is 0 Å². The van der Waals surface area contributed by atoms with Crippen molar-refractivity contribution in [1.29, 1.82) is 0 Å². The largest absolute Gasteiger partial charge is 0.368 e. The monoisotopic (exact) mass is 185 g/mol. The highest BCUT2D eigenvalue weighted by molar-refractivity contribution is 5.79. The first-order valence-corrected chi connectivity index (χ1v) is 4.72. The van der Waals surface area contributed by atoms with Gasteiger partial charge in [-0.3, -0.25) is 9.69 Å². The minimum Gasteiger partial charge on any atom is -0.368 e.